The van der Waals surface area contributed by atoms with Crippen LogP contribution in [0.4, 0.5) is 0 Å². The summed E-state index contributed by atoms with van der Waals surface area (Å²) in [4.78, 5) is 27.7. The first-order chi connectivity index (χ1) is 6.30. The molecule has 1 aromatic rings. The monoisotopic (exact) mass is 196 g/mol. The van der Waals surface area contributed by atoms with Crippen LogP contribution in [-0.2, 0) is 5.41 Å². The summed E-state index contributed by atoms with van der Waals surface area (Å²) in [6, 6.07) is 1.31. The minimum absolute atomic E-state index is 0.317. The van der Waals surface area contributed by atoms with Crippen molar-refractivity contribution in [2.45, 2.75) is 26.2 Å². The highest BCUT2D eigenvalue weighted by Gasteiger charge is 2.18. The van der Waals surface area contributed by atoms with Crippen LogP contribution < -0.4 is 5.56 Å². The lowest BCUT2D eigenvalue weighted by Gasteiger charge is -2.16. The van der Waals surface area contributed by atoms with Crippen LogP contribution >= 0.6 is 0 Å². The molecule has 0 fully saturated rings. The molecule has 1 rings (SSSR count). The third kappa shape index (κ3) is 2.18. The molecule has 0 bridgehead atoms. The Morgan fingerprint density at radius 3 is 2.50 bits per heavy atom. The van der Waals surface area contributed by atoms with Gasteiger partial charge in [-0.1, -0.05) is 20.8 Å². The zero-order chi connectivity index (χ0) is 10.9. The molecular formula is C9H12N2O3. The Labute approximate surface area is 80.8 Å². The maximum atomic E-state index is 11.1. The van der Waals surface area contributed by atoms with Crippen LogP contribution in [0.3, 0.4) is 0 Å². The van der Waals surface area contributed by atoms with Gasteiger partial charge in [-0.25, -0.2) is 9.78 Å². The molecule has 0 aliphatic rings. The molecule has 1 heterocycles. The molecule has 5 nitrogen and oxygen atoms in total. The Balaban J connectivity index is 3.35. The molecular weight excluding hydrogens is 184 g/mol. The van der Waals surface area contributed by atoms with Gasteiger partial charge in [0.05, 0.1) is 5.69 Å². The van der Waals surface area contributed by atoms with Gasteiger partial charge in [-0.05, 0) is 0 Å². The minimum atomic E-state index is -1.23. The number of carboxylic acids is 1. The maximum Gasteiger partial charge on any atom is 0.372 e. The van der Waals surface area contributed by atoms with Crippen molar-refractivity contribution in [1.82, 2.24) is 9.97 Å². The fraction of sp³-hybridized carbons (Fsp3) is 0.444. The molecule has 0 saturated heterocycles. The fourth-order valence-corrected chi connectivity index (χ4v) is 0.943. The largest absolute Gasteiger partial charge is 0.475 e. The van der Waals surface area contributed by atoms with Crippen molar-refractivity contribution in [3.63, 3.8) is 0 Å². The molecule has 0 unspecified atom stereocenters. The quantitative estimate of drug-likeness (QED) is 0.694. The van der Waals surface area contributed by atoms with E-state index in [1.807, 2.05) is 20.8 Å². The van der Waals surface area contributed by atoms with Gasteiger partial charge in [-0.2, -0.15) is 0 Å². The average Bonchev–Trinajstić information content (AvgIpc) is 2.01. The van der Waals surface area contributed by atoms with Gasteiger partial charge < -0.3 is 10.1 Å². The number of nitrogens with one attached hydrogen (secondary N) is 1. The van der Waals surface area contributed by atoms with Gasteiger partial charge in [0.15, 0.2) is 0 Å². The molecule has 0 aromatic carbocycles. The van der Waals surface area contributed by atoms with E-state index in [9.17, 15) is 9.59 Å². The summed E-state index contributed by atoms with van der Waals surface area (Å²) in [6.45, 7) is 5.58. The van der Waals surface area contributed by atoms with E-state index in [0.717, 1.165) is 0 Å². The van der Waals surface area contributed by atoms with Crippen molar-refractivity contribution in [3.8, 4) is 0 Å². The predicted octanol–water partition coefficient (Wildman–Crippen LogP) is 0.766. The molecule has 0 aliphatic carbocycles. The van der Waals surface area contributed by atoms with Gasteiger partial charge in [-0.15, -0.1) is 0 Å². The third-order valence-corrected chi connectivity index (χ3v) is 1.71. The van der Waals surface area contributed by atoms with Crippen LogP contribution in [0.5, 0.6) is 0 Å². The summed E-state index contributed by atoms with van der Waals surface area (Å²) >= 11 is 0. The zero-order valence-electron chi connectivity index (χ0n) is 8.29. The first-order valence-corrected chi connectivity index (χ1v) is 4.16. The standard InChI is InChI=1S/C9H12N2O3/c1-9(2,3)5-4-6(12)11-7(10-5)8(13)14/h4H,1-3H3,(H,13,14)(H,10,11,12). The lowest BCUT2D eigenvalue weighted by atomic mass is 9.92. The van der Waals surface area contributed by atoms with E-state index >= 15 is 0 Å². The molecule has 0 spiro atoms. The van der Waals surface area contributed by atoms with Crippen molar-refractivity contribution in [2.75, 3.05) is 0 Å². The van der Waals surface area contributed by atoms with Gasteiger partial charge in [0.1, 0.15) is 0 Å². The molecule has 0 atom stereocenters. The van der Waals surface area contributed by atoms with Gasteiger partial charge >= 0.3 is 5.97 Å². The van der Waals surface area contributed by atoms with Gasteiger partial charge in [-0.3, -0.25) is 4.79 Å². The lowest BCUT2D eigenvalue weighted by Crippen LogP contribution is -2.22. The number of aromatic carboxylic acids is 1. The van der Waals surface area contributed by atoms with E-state index in [4.69, 9.17) is 5.11 Å². The summed E-state index contributed by atoms with van der Waals surface area (Å²) in [7, 11) is 0. The number of carboxylic acid groups (broad SMARTS) is 1. The fourth-order valence-electron chi connectivity index (χ4n) is 0.943. The van der Waals surface area contributed by atoms with Gasteiger partial charge in [0.25, 0.3) is 5.56 Å². The van der Waals surface area contributed by atoms with E-state index in [2.05, 4.69) is 9.97 Å². The van der Waals surface area contributed by atoms with E-state index in [1.165, 1.54) is 6.07 Å². The highest BCUT2D eigenvalue weighted by molar-refractivity contribution is 5.82. The molecule has 0 aliphatic heterocycles. The predicted molar refractivity (Wildman–Crippen MR) is 50.5 cm³/mol. The van der Waals surface area contributed by atoms with Crippen LogP contribution in [0.25, 0.3) is 0 Å². The van der Waals surface area contributed by atoms with Crippen molar-refractivity contribution < 1.29 is 9.90 Å². The van der Waals surface area contributed by atoms with Gasteiger partial charge in [0.2, 0.25) is 5.82 Å². The SMILES string of the molecule is CC(C)(C)c1cc(=O)[nH]c(C(=O)O)n1. The van der Waals surface area contributed by atoms with Crippen LogP contribution in [0.15, 0.2) is 10.9 Å². The smallest absolute Gasteiger partial charge is 0.372 e. The average molecular weight is 196 g/mol. The van der Waals surface area contributed by atoms with Crippen molar-refractivity contribution in [3.05, 3.63) is 27.9 Å². The molecule has 1 aromatic heterocycles. The Morgan fingerprint density at radius 2 is 2.07 bits per heavy atom. The summed E-state index contributed by atoms with van der Waals surface area (Å²) in [6.07, 6.45) is 0. The summed E-state index contributed by atoms with van der Waals surface area (Å²) in [5.74, 6) is -1.55. The van der Waals surface area contributed by atoms with E-state index in [1.54, 1.807) is 0 Å². The van der Waals surface area contributed by atoms with Gasteiger partial charge in [0, 0.05) is 11.5 Å². The second-order valence-electron chi connectivity index (χ2n) is 4.03. The van der Waals surface area contributed by atoms with Crippen LogP contribution in [0, 0.1) is 0 Å². The Morgan fingerprint density at radius 1 is 1.50 bits per heavy atom. The number of hydrogen-bond acceptors (Lipinski definition) is 3. The number of rotatable bonds is 1. The van der Waals surface area contributed by atoms with Crippen molar-refractivity contribution in [1.29, 1.82) is 0 Å². The Bertz CT molecular complexity index is 415. The molecule has 0 radical (unpaired) electrons. The van der Waals surface area contributed by atoms with Crippen LogP contribution in [-0.4, -0.2) is 21.0 Å². The Hall–Kier alpha value is -1.65. The summed E-state index contributed by atoms with van der Waals surface area (Å²) < 4.78 is 0. The number of nitrogens with zero attached hydrogens (tertiary/aromatic N) is 1. The highest BCUT2D eigenvalue weighted by atomic mass is 16.4. The summed E-state index contributed by atoms with van der Waals surface area (Å²) in [5.41, 5.74) is -0.306. The van der Waals surface area contributed by atoms with Crippen LogP contribution in [0.2, 0.25) is 0 Å². The maximum absolute atomic E-state index is 11.1. The molecule has 5 heteroatoms. The number of hydrogen-bond donors (Lipinski definition) is 2. The van der Waals surface area contributed by atoms with E-state index in [-0.39, 0.29) is 11.2 Å². The third-order valence-electron chi connectivity index (χ3n) is 1.71. The molecule has 14 heavy (non-hydrogen) atoms. The number of H-pyrrole nitrogens is 1. The summed E-state index contributed by atoms with van der Waals surface area (Å²) in [5, 5.41) is 8.67. The molecule has 2 N–H and O–H groups in total. The number of carbonyl (C=O) groups is 1. The normalized spacial score (nSPS) is 11.4. The first-order valence-electron chi connectivity index (χ1n) is 4.16. The van der Waals surface area contributed by atoms with E-state index < -0.39 is 11.5 Å². The number of aromatic nitrogens is 2. The lowest BCUT2D eigenvalue weighted by molar-refractivity contribution is 0.0682. The topological polar surface area (TPSA) is 83.0 Å². The van der Waals surface area contributed by atoms with Crippen LogP contribution in [0.1, 0.15) is 37.1 Å². The molecule has 76 valence electrons. The zero-order valence-corrected chi connectivity index (χ0v) is 8.29. The Kier molecular flexibility index (Phi) is 2.42. The molecule has 0 amide bonds. The highest BCUT2D eigenvalue weighted by Crippen LogP contribution is 2.17. The minimum Gasteiger partial charge on any atom is -0.475 e. The first kappa shape index (κ1) is 10.4. The van der Waals surface area contributed by atoms with E-state index in [0.29, 0.717) is 5.69 Å². The molecule has 0 saturated carbocycles. The van der Waals surface area contributed by atoms with Crippen molar-refractivity contribution in [2.24, 2.45) is 0 Å². The number of aromatic amines is 1. The second-order valence-corrected chi connectivity index (χ2v) is 4.03. The second kappa shape index (κ2) is 3.25. The van der Waals surface area contributed by atoms with Crippen molar-refractivity contribution >= 4 is 5.97 Å².